The molecule has 0 amide bonds. The van der Waals surface area contributed by atoms with E-state index in [9.17, 15) is 10.2 Å². The van der Waals surface area contributed by atoms with Crippen LogP contribution in [0, 0.1) is 0 Å². The van der Waals surface area contributed by atoms with Gasteiger partial charge in [-0.05, 0) is 0 Å². The standard InChI is InChI=1S/C11H14N6O3/c12-8-6-9(15-3-14-8)17(4-16-6)10-5-7(19)11(2-18,20-10)1-13-5/h3-5,7,10,13,18-19H,1-2H2,(H2,12,14,15)/t5?,7?,10-,11+/m1/s1. The first-order valence-corrected chi connectivity index (χ1v) is 6.29. The summed E-state index contributed by atoms with van der Waals surface area (Å²) in [7, 11) is 0. The van der Waals surface area contributed by atoms with Gasteiger partial charge in [0.05, 0.1) is 19.0 Å². The fourth-order valence-electron chi connectivity index (χ4n) is 2.99. The summed E-state index contributed by atoms with van der Waals surface area (Å²) in [5.41, 5.74) is 5.81. The van der Waals surface area contributed by atoms with Crippen LogP contribution in [-0.4, -0.2) is 60.6 Å². The number of imidazole rings is 1. The quantitative estimate of drug-likeness (QED) is 0.496. The van der Waals surface area contributed by atoms with E-state index in [-0.39, 0.29) is 12.6 Å². The highest BCUT2D eigenvalue weighted by atomic mass is 16.6. The molecular formula is C11H14N6O3. The lowest BCUT2D eigenvalue weighted by Gasteiger charge is -2.30. The lowest BCUT2D eigenvalue weighted by molar-refractivity contribution is -0.130. The number of ether oxygens (including phenoxy) is 1. The second-order valence-electron chi connectivity index (χ2n) is 5.17. The lowest BCUT2D eigenvalue weighted by Crippen LogP contribution is -2.46. The Morgan fingerprint density at radius 3 is 3.10 bits per heavy atom. The van der Waals surface area contributed by atoms with Gasteiger partial charge in [-0.15, -0.1) is 0 Å². The van der Waals surface area contributed by atoms with Crippen LogP contribution in [0.15, 0.2) is 12.7 Å². The maximum absolute atomic E-state index is 10.2. The molecular weight excluding hydrogens is 264 g/mol. The number of hydrogen-bond acceptors (Lipinski definition) is 8. The minimum atomic E-state index is -0.968. The van der Waals surface area contributed by atoms with Gasteiger partial charge in [-0.2, -0.15) is 0 Å². The molecule has 2 aromatic heterocycles. The third kappa shape index (κ3) is 1.32. The minimum absolute atomic E-state index is 0.252. The number of aromatic nitrogens is 4. The molecule has 0 aliphatic carbocycles. The fraction of sp³-hybridized carbons (Fsp3) is 0.545. The predicted octanol–water partition coefficient (Wildman–Crippen LogP) is -2.00. The third-order valence-electron chi connectivity index (χ3n) is 4.11. The van der Waals surface area contributed by atoms with Crippen LogP contribution in [-0.2, 0) is 4.74 Å². The molecule has 0 radical (unpaired) electrons. The lowest BCUT2D eigenvalue weighted by atomic mass is 10.0. The molecule has 9 heteroatoms. The highest BCUT2D eigenvalue weighted by molar-refractivity contribution is 5.81. The van der Waals surface area contributed by atoms with Crippen molar-refractivity contribution in [2.45, 2.75) is 24.0 Å². The molecule has 2 aliphatic heterocycles. The Kier molecular flexibility index (Phi) is 2.31. The van der Waals surface area contributed by atoms with E-state index in [1.54, 1.807) is 10.9 Å². The monoisotopic (exact) mass is 278 g/mol. The molecule has 2 aliphatic rings. The Hall–Kier alpha value is -1.81. The topological polar surface area (TPSA) is 131 Å². The van der Waals surface area contributed by atoms with Gasteiger partial charge in [-0.25, -0.2) is 15.0 Å². The van der Waals surface area contributed by atoms with Gasteiger partial charge in [0.1, 0.15) is 23.5 Å². The van der Waals surface area contributed by atoms with Crippen molar-refractivity contribution in [1.82, 2.24) is 24.8 Å². The van der Waals surface area contributed by atoms with Crippen molar-refractivity contribution in [2.24, 2.45) is 0 Å². The van der Waals surface area contributed by atoms with Gasteiger partial charge in [0.2, 0.25) is 0 Å². The molecule has 2 bridgehead atoms. The summed E-state index contributed by atoms with van der Waals surface area (Å²) in [5.74, 6) is 0.294. The normalized spacial score (nSPS) is 36.0. The molecule has 5 N–H and O–H groups in total. The first-order chi connectivity index (χ1) is 9.66. The van der Waals surface area contributed by atoms with Crippen LogP contribution in [0.3, 0.4) is 0 Å². The summed E-state index contributed by atoms with van der Waals surface area (Å²) in [5, 5.41) is 22.9. The Morgan fingerprint density at radius 1 is 1.50 bits per heavy atom. The van der Waals surface area contributed by atoms with Gasteiger partial charge in [0, 0.05) is 6.54 Å². The van der Waals surface area contributed by atoms with Crippen molar-refractivity contribution >= 4 is 17.0 Å². The summed E-state index contributed by atoms with van der Waals surface area (Å²) in [6.45, 7) is 0.160. The molecule has 4 heterocycles. The number of rotatable bonds is 2. The van der Waals surface area contributed by atoms with Crippen LogP contribution in [0.4, 0.5) is 5.82 Å². The predicted molar refractivity (Wildman–Crippen MR) is 67.5 cm³/mol. The molecule has 2 aromatic rings. The largest absolute Gasteiger partial charge is 0.393 e. The first-order valence-electron chi connectivity index (χ1n) is 6.29. The molecule has 2 saturated heterocycles. The molecule has 9 nitrogen and oxygen atoms in total. The molecule has 4 rings (SSSR count). The average Bonchev–Trinajstić information content (AvgIpc) is 3.10. The van der Waals surface area contributed by atoms with Gasteiger partial charge in [-0.3, -0.25) is 4.57 Å². The van der Waals surface area contributed by atoms with Crippen molar-refractivity contribution in [1.29, 1.82) is 0 Å². The number of aliphatic hydroxyl groups excluding tert-OH is 2. The first kappa shape index (κ1) is 12.0. The van der Waals surface area contributed by atoms with E-state index < -0.39 is 17.9 Å². The van der Waals surface area contributed by atoms with Crippen LogP contribution in [0.2, 0.25) is 0 Å². The molecule has 0 spiro atoms. The Morgan fingerprint density at radius 2 is 2.35 bits per heavy atom. The molecule has 2 unspecified atom stereocenters. The second-order valence-corrected chi connectivity index (χ2v) is 5.17. The summed E-state index contributed by atoms with van der Waals surface area (Å²) >= 11 is 0. The maximum Gasteiger partial charge on any atom is 0.167 e. The number of morpholine rings is 1. The Labute approximate surface area is 113 Å². The molecule has 106 valence electrons. The zero-order chi connectivity index (χ0) is 13.9. The van der Waals surface area contributed by atoms with E-state index in [0.29, 0.717) is 23.5 Å². The fourth-order valence-corrected chi connectivity index (χ4v) is 2.99. The van der Waals surface area contributed by atoms with Crippen LogP contribution < -0.4 is 11.1 Å². The average molecular weight is 278 g/mol. The van der Waals surface area contributed by atoms with Crippen molar-refractivity contribution in [2.75, 3.05) is 18.9 Å². The van der Waals surface area contributed by atoms with Gasteiger partial charge in [-0.1, -0.05) is 0 Å². The van der Waals surface area contributed by atoms with Gasteiger partial charge >= 0.3 is 0 Å². The van der Waals surface area contributed by atoms with Crippen LogP contribution >= 0.6 is 0 Å². The smallest absolute Gasteiger partial charge is 0.167 e. The van der Waals surface area contributed by atoms with Crippen LogP contribution in [0.5, 0.6) is 0 Å². The summed E-state index contributed by atoms with van der Waals surface area (Å²) < 4.78 is 7.56. The van der Waals surface area contributed by atoms with Gasteiger partial charge in [0.25, 0.3) is 0 Å². The highest BCUT2D eigenvalue weighted by Gasteiger charge is 2.60. The number of nitrogens with two attached hydrogens (primary N) is 1. The van der Waals surface area contributed by atoms with Crippen LogP contribution in [0.25, 0.3) is 11.2 Å². The van der Waals surface area contributed by atoms with Crippen molar-refractivity contribution < 1.29 is 14.9 Å². The third-order valence-corrected chi connectivity index (χ3v) is 4.11. The van der Waals surface area contributed by atoms with E-state index in [4.69, 9.17) is 10.5 Å². The zero-order valence-electron chi connectivity index (χ0n) is 10.5. The zero-order valence-corrected chi connectivity index (χ0v) is 10.5. The van der Waals surface area contributed by atoms with E-state index >= 15 is 0 Å². The summed E-state index contributed by atoms with van der Waals surface area (Å²) in [6.07, 6.45) is 1.63. The Balaban J connectivity index is 1.80. The minimum Gasteiger partial charge on any atom is -0.393 e. The highest BCUT2D eigenvalue weighted by Crippen LogP contribution is 2.42. The van der Waals surface area contributed by atoms with E-state index in [2.05, 4.69) is 20.3 Å². The van der Waals surface area contributed by atoms with Crippen molar-refractivity contribution in [3.8, 4) is 0 Å². The van der Waals surface area contributed by atoms with E-state index in [1.165, 1.54) is 6.33 Å². The Bertz CT molecular complexity index is 675. The number of hydrogen-bond donors (Lipinski definition) is 4. The molecule has 2 fully saturated rings. The second kappa shape index (κ2) is 3.85. The molecule has 20 heavy (non-hydrogen) atoms. The number of fused-ring (bicyclic) bond motifs is 3. The molecule has 4 atom stereocenters. The van der Waals surface area contributed by atoms with E-state index in [1.807, 2.05) is 0 Å². The summed E-state index contributed by atoms with van der Waals surface area (Å²) in [6, 6.07) is -0.323. The molecule has 0 aromatic carbocycles. The number of nitrogens with one attached hydrogen (secondary N) is 1. The van der Waals surface area contributed by atoms with Crippen molar-refractivity contribution in [3.05, 3.63) is 12.7 Å². The van der Waals surface area contributed by atoms with E-state index in [0.717, 1.165) is 0 Å². The van der Waals surface area contributed by atoms with Gasteiger partial charge < -0.3 is 26.0 Å². The number of aliphatic hydroxyl groups is 2. The SMILES string of the molecule is Nc1ncnc2c1ncn2[C@@H]1O[C@]2(CO)CNC1C2O. The van der Waals surface area contributed by atoms with Crippen LogP contribution in [0.1, 0.15) is 6.23 Å². The maximum atomic E-state index is 10.2. The van der Waals surface area contributed by atoms with Crippen molar-refractivity contribution in [3.63, 3.8) is 0 Å². The van der Waals surface area contributed by atoms with Gasteiger partial charge in [0.15, 0.2) is 17.7 Å². The number of anilines is 1. The number of nitrogens with zero attached hydrogens (tertiary/aromatic N) is 4. The number of nitrogen functional groups attached to an aromatic ring is 1. The molecule has 0 saturated carbocycles. The summed E-state index contributed by atoms with van der Waals surface area (Å²) in [4.78, 5) is 12.2.